The van der Waals surface area contributed by atoms with E-state index in [0.717, 1.165) is 24.3 Å². The molecule has 0 aliphatic heterocycles. The van der Waals surface area contributed by atoms with E-state index in [1.807, 2.05) is 31.2 Å². The molecular weight excluding hydrogens is 266 g/mol. The second-order valence-electron chi connectivity index (χ2n) is 5.45. The van der Waals surface area contributed by atoms with E-state index in [0.29, 0.717) is 19.1 Å². The van der Waals surface area contributed by atoms with Gasteiger partial charge in [0.25, 0.3) is 0 Å². The second kappa shape index (κ2) is 8.03. The third-order valence-electron chi connectivity index (χ3n) is 3.52. The monoisotopic (exact) mass is 291 g/mol. The molecule has 1 fully saturated rings. The summed E-state index contributed by atoms with van der Waals surface area (Å²) in [6.45, 7) is 5.89. The molecule has 2 rings (SSSR count). The number of carbonyl (C=O) groups is 1. The summed E-state index contributed by atoms with van der Waals surface area (Å²) < 4.78 is 10.7. The summed E-state index contributed by atoms with van der Waals surface area (Å²) in [7, 11) is 0. The van der Waals surface area contributed by atoms with E-state index in [1.165, 1.54) is 12.8 Å². The Morgan fingerprint density at radius 2 is 2.00 bits per heavy atom. The molecule has 0 saturated heterocycles. The minimum absolute atomic E-state index is 0.208. The van der Waals surface area contributed by atoms with Gasteiger partial charge in [0.05, 0.1) is 13.2 Å². The van der Waals surface area contributed by atoms with Crippen LogP contribution >= 0.6 is 0 Å². The zero-order chi connectivity index (χ0) is 15.1. The average Bonchev–Trinajstić information content (AvgIpc) is 3.31. The van der Waals surface area contributed by atoms with Crippen LogP contribution in [0.4, 0.5) is 0 Å². The van der Waals surface area contributed by atoms with Crippen LogP contribution in [0.25, 0.3) is 0 Å². The van der Waals surface area contributed by atoms with Gasteiger partial charge in [0.15, 0.2) is 0 Å². The summed E-state index contributed by atoms with van der Waals surface area (Å²) in [6.07, 6.45) is 3.49. The number of ether oxygens (including phenoxy) is 2. The average molecular weight is 291 g/mol. The number of esters is 1. The molecule has 1 saturated carbocycles. The van der Waals surface area contributed by atoms with E-state index in [9.17, 15) is 4.79 Å². The maximum absolute atomic E-state index is 12.1. The van der Waals surface area contributed by atoms with E-state index in [2.05, 4.69) is 12.2 Å². The molecule has 1 atom stereocenters. The quantitative estimate of drug-likeness (QED) is 0.710. The zero-order valence-electron chi connectivity index (χ0n) is 12.9. The number of benzene rings is 1. The second-order valence-corrected chi connectivity index (χ2v) is 5.45. The first-order valence-electron chi connectivity index (χ1n) is 7.87. The summed E-state index contributed by atoms with van der Waals surface area (Å²) in [5.74, 6) is 1.35. The van der Waals surface area contributed by atoms with Crippen molar-refractivity contribution >= 4 is 5.97 Å². The van der Waals surface area contributed by atoms with Crippen LogP contribution in [0.5, 0.6) is 5.75 Å². The van der Waals surface area contributed by atoms with Gasteiger partial charge in [-0.15, -0.1) is 0 Å². The van der Waals surface area contributed by atoms with Gasteiger partial charge in [0.1, 0.15) is 11.8 Å². The van der Waals surface area contributed by atoms with Crippen molar-refractivity contribution in [2.75, 3.05) is 19.8 Å². The predicted octanol–water partition coefficient (Wildman–Crippen LogP) is 3.08. The number of nitrogens with one attached hydrogen (secondary N) is 1. The maximum atomic E-state index is 12.1. The molecule has 21 heavy (non-hydrogen) atoms. The fourth-order valence-electron chi connectivity index (χ4n) is 2.15. The Morgan fingerprint density at radius 3 is 2.57 bits per heavy atom. The molecule has 0 amide bonds. The zero-order valence-corrected chi connectivity index (χ0v) is 12.9. The summed E-state index contributed by atoms with van der Waals surface area (Å²) in [4.78, 5) is 12.1. The molecule has 1 aliphatic carbocycles. The molecule has 4 heteroatoms. The van der Waals surface area contributed by atoms with Crippen molar-refractivity contribution in [3.63, 3.8) is 0 Å². The molecule has 0 aromatic heterocycles. The Labute approximate surface area is 126 Å². The fraction of sp³-hybridized carbons (Fsp3) is 0.588. The van der Waals surface area contributed by atoms with Gasteiger partial charge in [-0.05, 0) is 56.3 Å². The largest absolute Gasteiger partial charge is 0.494 e. The molecule has 0 bridgehead atoms. The third kappa shape index (κ3) is 5.05. The first-order chi connectivity index (χ1) is 10.2. The SMILES string of the molecule is CCCOc1ccc(C(NCC2CC2)C(=O)OCC)cc1. The number of hydrogen-bond acceptors (Lipinski definition) is 4. The minimum atomic E-state index is -0.384. The van der Waals surface area contributed by atoms with Gasteiger partial charge >= 0.3 is 5.97 Å². The van der Waals surface area contributed by atoms with E-state index in [1.54, 1.807) is 0 Å². The molecule has 0 radical (unpaired) electrons. The summed E-state index contributed by atoms with van der Waals surface area (Å²) >= 11 is 0. The predicted molar refractivity (Wildman–Crippen MR) is 82.3 cm³/mol. The van der Waals surface area contributed by atoms with E-state index in [-0.39, 0.29) is 12.0 Å². The van der Waals surface area contributed by atoms with E-state index >= 15 is 0 Å². The highest BCUT2D eigenvalue weighted by atomic mass is 16.5. The third-order valence-corrected chi connectivity index (χ3v) is 3.52. The molecule has 1 N–H and O–H groups in total. The molecular formula is C17H25NO3. The number of carbonyl (C=O) groups excluding carboxylic acids is 1. The van der Waals surface area contributed by atoms with Crippen LogP contribution in [0.15, 0.2) is 24.3 Å². The molecule has 1 unspecified atom stereocenters. The van der Waals surface area contributed by atoms with Crippen molar-refractivity contribution in [1.82, 2.24) is 5.32 Å². The van der Waals surface area contributed by atoms with Crippen LogP contribution in [-0.2, 0) is 9.53 Å². The highest BCUT2D eigenvalue weighted by Gasteiger charge is 2.26. The van der Waals surface area contributed by atoms with Crippen molar-refractivity contribution in [3.05, 3.63) is 29.8 Å². The first kappa shape index (κ1) is 15.8. The van der Waals surface area contributed by atoms with Gasteiger partial charge < -0.3 is 14.8 Å². The molecule has 0 spiro atoms. The van der Waals surface area contributed by atoms with Crippen molar-refractivity contribution in [3.8, 4) is 5.75 Å². The van der Waals surface area contributed by atoms with Gasteiger partial charge in [-0.3, -0.25) is 0 Å². The summed E-state index contributed by atoms with van der Waals surface area (Å²) in [6, 6.07) is 7.32. The Hall–Kier alpha value is -1.55. The lowest BCUT2D eigenvalue weighted by atomic mass is 10.1. The lowest BCUT2D eigenvalue weighted by molar-refractivity contribution is -0.145. The van der Waals surface area contributed by atoms with Gasteiger partial charge in [-0.2, -0.15) is 0 Å². The Kier molecular flexibility index (Phi) is 6.05. The smallest absolute Gasteiger partial charge is 0.327 e. The van der Waals surface area contributed by atoms with Crippen LogP contribution in [0, 0.1) is 5.92 Å². The topological polar surface area (TPSA) is 47.6 Å². The summed E-state index contributed by atoms with van der Waals surface area (Å²) in [5, 5.41) is 3.33. The van der Waals surface area contributed by atoms with Crippen molar-refractivity contribution in [1.29, 1.82) is 0 Å². The van der Waals surface area contributed by atoms with Crippen molar-refractivity contribution in [2.24, 2.45) is 5.92 Å². The molecule has 1 aliphatic rings. The normalized spacial score (nSPS) is 15.5. The van der Waals surface area contributed by atoms with Gasteiger partial charge in [-0.25, -0.2) is 4.79 Å². The van der Waals surface area contributed by atoms with Crippen LogP contribution in [0.1, 0.15) is 44.7 Å². The highest BCUT2D eigenvalue weighted by Crippen LogP contribution is 2.29. The van der Waals surface area contributed by atoms with E-state index < -0.39 is 0 Å². The van der Waals surface area contributed by atoms with Crippen LogP contribution in [0.3, 0.4) is 0 Å². The lowest BCUT2D eigenvalue weighted by Gasteiger charge is -2.18. The van der Waals surface area contributed by atoms with Crippen LogP contribution in [-0.4, -0.2) is 25.7 Å². The van der Waals surface area contributed by atoms with Crippen LogP contribution in [0.2, 0.25) is 0 Å². The number of hydrogen-bond donors (Lipinski definition) is 1. The van der Waals surface area contributed by atoms with Gasteiger partial charge in [-0.1, -0.05) is 19.1 Å². The first-order valence-corrected chi connectivity index (χ1v) is 7.87. The standard InChI is InChI=1S/C17H25NO3/c1-3-11-21-15-9-7-14(8-10-15)16(17(19)20-4-2)18-12-13-5-6-13/h7-10,13,16,18H,3-6,11-12H2,1-2H3. The summed E-state index contributed by atoms with van der Waals surface area (Å²) in [5.41, 5.74) is 0.929. The Morgan fingerprint density at radius 1 is 1.29 bits per heavy atom. The molecule has 4 nitrogen and oxygen atoms in total. The Bertz CT molecular complexity index is 440. The van der Waals surface area contributed by atoms with E-state index in [4.69, 9.17) is 9.47 Å². The van der Waals surface area contributed by atoms with Crippen LogP contribution < -0.4 is 10.1 Å². The van der Waals surface area contributed by atoms with Gasteiger partial charge in [0.2, 0.25) is 0 Å². The van der Waals surface area contributed by atoms with Crippen molar-refractivity contribution in [2.45, 2.75) is 39.2 Å². The highest BCUT2D eigenvalue weighted by molar-refractivity contribution is 5.77. The molecule has 116 valence electrons. The minimum Gasteiger partial charge on any atom is -0.494 e. The van der Waals surface area contributed by atoms with Crippen molar-refractivity contribution < 1.29 is 14.3 Å². The lowest BCUT2D eigenvalue weighted by Crippen LogP contribution is -2.31. The van der Waals surface area contributed by atoms with Gasteiger partial charge in [0, 0.05) is 0 Å². The maximum Gasteiger partial charge on any atom is 0.327 e. The Balaban J connectivity index is 2.01. The number of rotatable bonds is 9. The molecule has 1 aromatic carbocycles. The molecule has 1 aromatic rings. The fourth-order valence-corrected chi connectivity index (χ4v) is 2.15. The molecule has 0 heterocycles.